The van der Waals surface area contributed by atoms with Crippen molar-refractivity contribution in [3.8, 4) is 0 Å². The molecule has 0 saturated heterocycles. The highest BCUT2D eigenvalue weighted by molar-refractivity contribution is 9.10. The van der Waals surface area contributed by atoms with E-state index in [1.807, 2.05) is 24.3 Å². The van der Waals surface area contributed by atoms with E-state index in [1.54, 1.807) is 12.3 Å². The third-order valence-electron chi connectivity index (χ3n) is 3.20. The molecule has 0 fully saturated rings. The molecule has 0 atom stereocenters. The van der Waals surface area contributed by atoms with Crippen LogP contribution in [0.15, 0.2) is 53.1 Å². The minimum atomic E-state index is -0.315. The molecule has 0 amide bonds. The number of carbonyl (C=O) groups is 1. The molecule has 2 nitrogen and oxygen atoms in total. The molecule has 2 aromatic carbocycles. The van der Waals surface area contributed by atoms with Crippen LogP contribution in [-0.2, 0) is 6.42 Å². The summed E-state index contributed by atoms with van der Waals surface area (Å²) in [4.78, 5) is 15.3. The molecule has 3 rings (SSSR count). The Morgan fingerprint density at radius 3 is 2.85 bits per heavy atom. The SMILES string of the molecule is O=C(Cc1cccc(Br)c1)c1c[nH]c2cc(F)ccc12. The molecule has 0 radical (unpaired) electrons. The van der Waals surface area contributed by atoms with Gasteiger partial charge in [-0.2, -0.15) is 0 Å². The molecule has 3 aromatic rings. The summed E-state index contributed by atoms with van der Waals surface area (Å²) in [6.07, 6.45) is 1.97. The molecule has 0 spiro atoms. The molecule has 0 saturated carbocycles. The lowest BCUT2D eigenvalue weighted by molar-refractivity contribution is 0.0994. The zero-order valence-corrected chi connectivity index (χ0v) is 12.1. The minimum absolute atomic E-state index is 0.0148. The summed E-state index contributed by atoms with van der Waals surface area (Å²) in [6, 6.07) is 12.1. The number of carbonyl (C=O) groups excluding carboxylic acids is 1. The van der Waals surface area contributed by atoms with Gasteiger partial charge < -0.3 is 4.98 Å². The smallest absolute Gasteiger partial charge is 0.169 e. The first-order valence-corrected chi connectivity index (χ1v) is 6.97. The molecule has 0 aliphatic carbocycles. The maximum absolute atomic E-state index is 13.1. The number of hydrogen-bond donors (Lipinski definition) is 1. The monoisotopic (exact) mass is 331 g/mol. The average Bonchev–Trinajstić information content (AvgIpc) is 2.81. The minimum Gasteiger partial charge on any atom is -0.360 e. The number of aromatic nitrogens is 1. The van der Waals surface area contributed by atoms with E-state index in [9.17, 15) is 9.18 Å². The molecule has 4 heteroatoms. The van der Waals surface area contributed by atoms with Crippen molar-refractivity contribution >= 4 is 32.6 Å². The lowest BCUT2D eigenvalue weighted by Gasteiger charge is -2.01. The van der Waals surface area contributed by atoms with Crippen LogP contribution in [0.3, 0.4) is 0 Å². The van der Waals surface area contributed by atoms with Crippen LogP contribution in [-0.4, -0.2) is 10.8 Å². The second kappa shape index (κ2) is 5.21. The maximum atomic E-state index is 13.1. The van der Waals surface area contributed by atoms with Gasteiger partial charge in [0.05, 0.1) is 0 Å². The maximum Gasteiger partial charge on any atom is 0.169 e. The Morgan fingerprint density at radius 2 is 2.05 bits per heavy atom. The molecule has 1 aromatic heterocycles. The predicted molar refractivity (Wildman–Crippen MR) is 80.4 cm³/mol. The summed E-state index contributed by atoms with van der Waals surface area (Å²) >= 11 is 3.39. The van der Waals surface area contributed by atoms with Gasteiger partial charge in [-0.3, -0.25) is 4.79 Å². The van der Waals surface area contributed by atoms with Crippen molar-refractivity contribution in [3.05, 3.63) is 70.1 Å². The molecule has 0 aliphatic heterocycles. The van der Waals surface area contributed by atoms with Gasteiger partial charge in [0.2, 0.25) is 0 Å². The molecule has 1 heterocycles. The van der Waals surface area contributed by atoms with E-state index in [2.05, 4.69) is 20.9 Å². The lowest BCUT2D eigenvalue weighted by atomic mass is 10.0. The van der Waals surface area contributed by atoms with E-state index in [0.29, 0.717) is 17.5 Å². The molecule has 0 unspecified atom stereocenters. The Labute approximate surface area is 123 Å². The second-order valence-corrected chi connectivity index (χ2v) is 5.54. The number of halogens is 2. The van der Waals surface area contributed by atoms with Crippen molar-refractivity contribution in [2.75, 3.05) is 0 Å². The molecular formula is C16H11BrFNO. The molecule has 1 N–H and O–H groups in total. The normalized spacial score (nSPS) is 10.9. The van der Waals surface area contributed by atoms with E-state index in [0.717, 1.165) is 15.4 Å². The van der Waals surface area contributed by atoms with Crippen LogP contribution in [0.25, 0.3) is 10.9 Å². The van der Waals surface area contributed by atoms with Gasteiger partial charge in [0.25, 0.3) is 0 Å². The van der Waals surface area contributed by atoms with E-state index in [1.165, 1.54) is 12.1 Å². The van der Waals surface area contributed by atoms with Gasteiger partial charge in [-0.05, 0) is 35.9 Å². The fourth-order valence-corrected chi connectivity index (χ4v) is 2.70. The summed E-state index contributed by atoms with van der Waals surface area (Å²) in [5.41, 5.74) is 2.18. The largest absolute Gasteiger partial charge is 0.360 e. The molecule has 100 valence electrons. The highest BCUT2D eigenvalue weighted by atomic mass is 79.9. The summed E-state index contributed by atoms with van der Waals surface area (Å²) in [5.74, 6) is -0.300. The van der Waals surface area contributed by atoms with Crippen LogP contribution in [0.4, 0.5) is 4.39 Å². The number of ketones is 1. The Bertz CT molecular complexity index is 794. The number of H-pyrrole nitrogens is 1. The first-order chi connectivity index (χ1) is 9.63. The first-order valence-electron chi connectivity index (χ1n) is 6.18. The number of aromatic amines is 1. The first kappa shape index (κ1) is 13.1. The van der Waals surface area contributed by atoms with Crippen molar-refractivity contribution in [2.45, 2.75) is 6.42 Å². The number of benzene rings is 2. The zero-order chi connectivity index (χ0) is 14.1. The highest BCUT2D eigenvalue weighted by Gasteiger charge is 2.13. The van der Waals surface area contributed by atoms with Gasteiger partial charge in [0, 0.05) is 33.6 Å². The number of nitrogens with one attached hydrogen (secondary N) is 1. The van der Waals surface area contributed by atoms with Crippen molar-refractivity contribution < 1.29 is 9.18 Å². The van der Waals surface area contributed by atoms with E-state index < -0.39 is 0 Å². The Kier molecular flexibility index (Phi) is 3.40. The number of fused-ring (bicyclic) bond motifs is 1. The average molecular weight is 332 g/mol. The van der Waals surface area contributed by atoms with Crippen molar-refractivity contribution in [1.82, 2.24) is 4.98 Å². The standard InChI is InChI=1S/C16H11BrFNO/c17-11-3-1-2-10(6-11)7-16(20)14-9-19-15-8-12(18)4-5-13(14)15/h1-6,8-9,19H,7H2. The molecule has 20 heavy (non-hydrogen) atoms. The van der Waals surface area contributed by atoms with Crippen molar-refractivity contribution in [3.63, 3.8) is 0 Å². The summed E-state index contributed by atoms with van der Waals surface area (Å²) in [5, 5.41) is 0.756. The van der Waals surface area contributed by atoms with Crippen LogP contribution >= 0.6 is 15.9 Å². The summed E-state index contributed by atoms with van der Waals surface area (Å²) in [7, 11) is 0. The van der Waals surface area contributed by atoms with Crippen LogP contribution in [0.5, 0.6) is 0 Å². The van der Waals surface area contributed by atoms with Gasteiger partial charge in [-0.15, -0.1) is 0 Å². The molecule has 0 bridgehead atoms. The summed E-state index contributed by atoms with van der Waals surface area (Å²) < 4.78 is 14.1. The Hall–Kier alpha value is -1.94. The van der Waals surface area contributed by atoms with Gasteiger partial charge in [-0.1, -0.05) is 28.1 Å². The summed E-state index contributed by atoms with van der Waals surface area (Å²) in [6.45, 7) is 0. The topological polar surface area (TPSA) is 32.9 Å². The van der Waals surface area contributed by atoms with Gasteiger partial charge >= 0.3 is 0 Å². The van der Waals surface area contributed by atoms with E-state index in [4.69, 9.17) is 0 Å². The molecule has 0 aliphatic rings. The van der Waals surface area contributed by atoms with Gasteiger partial charge in [0.1, 0.15) is 5.82 Å². The number of rotatable bonds is 3. The Morgan fingerprint density at radius 1 is 1.20 bits per heavy atom. The quantitative estimate of drug-likeness (QED) is 0.704. The number of hydrogen-bond acceptors (Lipinski definition) is 1. The fourth-order valence-electron chi connectivity index (χ4n) is 2.26. The van der Waals surface area contributed by atoms with E-state index >= 15 is 0 Å². The van der Waals surface area contributed by atoms with Crippen molar-refractivity contribution in [1.29, 1.82) is 0 Å². The third-order valence-corrected chi connectivity index (χ3v) is 3.69. The van der Waals surface area contributed by atoms with E-state index in [-0.39, 0.29) is 11.6 Å². The molecular weight excluding hydrogens is 321 g/mol. The zero-order valence-electron chi connectivity index (χ0n) is 10.5. The Balaban J connectivity index is 1.93. The highest BCUT2D eigenvalue weighted by Crippen LogP contribution is 2.21. The van der Waals surface area contributed by atoms with Crippen LogP contribution in [0.2, 0.25) is 0 Å². The predicted octanol–water partition coefficient (Wildman–Crippen LogP) is 4.49. The third kappa shape index (κ3) is 2.51. The number of Topliss-reactive ketones (excluding diaryl/α,β-unsaturated/α-hetero) is 1. The van der Waals surface area contributed by atoms with Crippen molar-refractivity contribution in [2.24, 2.45) is 0 Å². The van der Waals surface area contributed by atoms with Crippen LogP contribution in [0.1, 0.15) is 15.9 Å². The second-order valence-electron chi connectivity index (χ2n) is 4.62. The van der Waals surface area contributed by atoms with Gasteiger partial charge in [0.15, 0.2) is 5.78 Å². The van der Waals surface area contributed by atoms with Gasteiger partial charge in [-0.25, -0.2) is 4.39 Å². The fraction of sp³-hybridized carbons (Fsp3) is 0.0625. The lowest BCUT2D eigenvalue weighted by Crippen LogP contribution is -2.02. The van der Waals surface area contributed by atoms with Crippen LogP contribution < -0.4 is 0 Å². The van der Waals surface area contributed by atoms with Crippen LogP contribution in [0, 0.1) is 5.82 Å².